The summed E-state index contributed by atoms with van der Waals surface area (Å²) in [5.41, 5.74) is 2.07. The van der Waals surface area contributed by atoms with E-state index in [-0.39, 0.29) is 16.9 Å². The third-order valence-corrected chi connectivity index (χ3v) is 4.27. The van der Waals surface area contributed by atoms with Crippen molar-refractivity contribution >= 4 is 0 Å². The Labute approximate surface area is 129 Å². The molecule has 118 valence electrons. The summed E-state index contributed by atoms with van der Waals surface area (Å²) < 4.78 is 0. The first-order valence-electron chi connectivity index (χ1n) is 7.62. The molecule has 2 bridgehead atoms. The van der Waals surface area contributed by atoms with Crippen LogP contribution in [0.5, 0.6) is 0 Å². The summed E-state index contributed by atoms with van der Waals surface area (Å²) in [5.74, 6) is 0. The molecule has 0 unspecified atom stereocenters. The van der Waals surface area contributed by atoms with E-state index in [2.05, 4.69) is 59.8 Å². The molecule has 0 amide bonds. The van der Waals surface area contributed by atoms with E-state index in [1.165, 1.54) is 11.1 Å². The largest absolute Gasteiger partial charge is 0.383 e. The highest BCUT2D eigenvalue weighted by molar-refractivity contribution is 5.51. The Kier molecular flexibility index (Phi) is 3.88. The van der Waals surface area contributed by atoms with Crippen molar-refractivity contribution in [2.45, 2.75) is 53.2 Å². The summed E-state index contributed by atoms with van der Waals surface area (Å²) in [6.07, 6.45) is 8.49. The highest BCUT2D eigenvalue weighted by Gasteiger charge is 2.60. The molecule has 2 atom stereocenters. The van der Waals surface area contributed by atoms with Gasteiger partial charge in [-0.1, -0.05) is 47.6 Å². The van der Waals surface area contributed by atoms with Crippen molar-refractivity contribution in [1.82, 2.24) is 4.90 Å². The van der Waals surface area contributed by atoms with E-state index in [1.807, 2.05) is 25.2 Å². The van der Waals surface area contributed by atoms with E-state index in [4.69, 9.17) is 9.78 Å². The van der Waals surface area contributed by atoms with Gasteiger partial charge in [0.2, 0.25) is 0 Å². The van der Waals surface area contributed by atoms with Gasteiger partial charge in [0.15, 0.2) is 5.60 Å². The van der Waals surface area contributed by atoms with E-state index in [9.17, 15) is 0 Å². The SMILES string of the molecule is CN(C)/C=C/C=C1[C@H]2OO[C@]1(C(C)(C)C)C=C2C(C)(C)C. The van der Waals surface area contributed by atoms with Gasteiger partial charge in [0.25, 0.3) is 0 Å². The maximum Gasteiger partial charge on any atom is 0.151 e. The zero-order valence-corrected chi connectivity index (χ0v) is 14.7. The molecular formula is C18H29NO2. The third kappa shape index (κ3) is 2.69. The summed E-state index contributed by atoms with van der Waals surface area (Å²) in [6.45, 7) is 13.3. The van der Waals surface area contributed by atoms with Crippen molar-refractivity contribution in [3.05, 3.63) is 35.6 Å². The fourth-order valence-corrected chi connectivity index (χ4v) is 2.95. The van der Waals surface area contributed by atoms with Gasteiger partial charge < -0.3 is 4.90 Å². The Morgan fingerprint density at radius 1 is 1.14 bits per heavy atom. The molecule has 3 nitrogen and oxygen atoms in total. The molecule has 0 N–H and O–H groups in total. The summed E-state index contributed by atoms with van der Waals surface area (Å²) in [6, 6.07) is 0. The van der Waals surface area contributed by atoms with Gasteiger partial charge in [-0.15, -0.1) is 0 Å². The van der Waals surface area contributed by atoms with Gasteiger partial charge in [0.1, 0.15) is 6.10 Å². The third-order valence-electron chi connectivity index (χ3n) is 4.27. The first-order chi connectivity index (χ1) is 9.49. The molecule has 0 aromatic heterocycles. The second-order valence-corrected chi connectivity index (χ2v) is 8.32. The lowest BCUT2D eigenvalue weighted by atomic mass is 9.73. The van der Waals surface area contributed by atoms with Gasteiger partial charge in [-0.25, -0.2) is 9.78 Å². The molecule has 2 aliphatic rings. The Balaban J connectivity index is 2.49. The molecule has 1 fully saturated rings. The average molecular weight is 291 g/mol. The average Bonchev–Trinajstić information content (AvgIpc) is 2.81. The van der Waals surface area contributed by atoms with Crippen molar-refractivity contribution in [1.29, 1.82) is 0 Å². The summed E-state index contributed by atoms with van der Waals surface area (Å²) in [4.78, 5) is 13.5. The molecule has 1 aliphatic carbocycles. The maximum absolute atomic E-state index is 5.81. The number of hydrogen-bond donors (Lipinski definition) is 0. The van der Waals surface area contributed by atoms with E-state index in [1.54, 1.807) is 0 Å². The summed E-state index contributed by atoms with van der Waals surface area (Å²) >= 11 is 0. The van der Waals surface area contributed by atoms with Crippen molar-refractivity contribution < 1.29 is 9.78 Å². The van der Waals surface area contributed by atoms with E-state index >= 15 is 0 Å². The number of nitrogens with zero attached hydrogens (tertiary/aromatic N) is 1. The number of hydrogen-bond acceptors (Lipinski definition) is 3. The first kappa shape index (κ1) is 16.3. The minimum absolute atomic E-state index is 0.0592. The van der Waals surface area contributed by atoms with Crippen LogP contribution in [-0.2, 0) is 9.78 Å². The molecule has 3 heteroatoms. The molecule has 1 saturated heterocycles. The second-order valence-electron chi connectivity index (χ2n) is 8.32. The predicted molar refractivity (Wildman–Crippen MR) is 86.6 cm³/mol. The van der Waals surface area contributed by atoms with Gasteiger partial charge in [-0.2, -0.15) is 0 Å². The Morgan fingerprint density at radius 2 is 1.76 bits per heavy atom. The standard InChI is InChI=1S/C18H29NO2/c1-16(2,3)14-12-18(17(4,5)6)13(15(14)20-21-18)10-9-11-19(7)8/h9-12,15H,1-8H3/b11-9+,13-10?/t15-,18-/m1/s1. The van der Waals surface area contributed by atoms with E-state index in [0.29, 0.717) is 0 Å². The molecule has 21 heavy (non-hydrogen) atoms. The van der Waals surface area contributed by atoms with Gasteiger partial charge in [0.05, 0.1) is 0 Å². The van der Waals surface area contributed by atoms with Crippen LogP contribution in [-0.4, -0.2) is 30.7 Å². The lowest BCUT2D eigenvalue weighted by Gasteiger charge is -2.37. The predicted octanol–water partition coefficient (Wildman–Crippen LogP) is 4.09. The molecule has 0 radical (unpaired) electrons. The summed E-state index contributed by atoms with van der Waals surface area (Å²) in [5, 5.41) is 0. The number of allylic oxidation sites excluding steroid dienone is 2. The van der Waals surface area contributed by atoms with E-state index in [0.717, 1.165) is 0 Å². The molecule has 0 aromatic carbocycles. The first-order valence-corrected chi connectivity index (χ1v) is 7.62. The highest BCUT2D eigenvalue weighted by Crippen LogP contribution is 2.57. The van der Waals surface area contributed by atoms with Crippen molar-refractivity contribution in [3.63, 3.8) is 0 Å². The lowest BCUT2D eigenvalue weighted by molar-refractivity contribution is -0.335. The van der Waals surface area contributed by atoms with Crippen LogP contribution in [0, 0.1) is 10.8 Å². The number of fused-ring (bicyclic) bond motifs is 2. The van der Waals surface area contributed by atoms with Crippen LogP contribution in [0.2, 0.25) is 0 Å². The van der Waals surface area contributed by atoms with Gasteiger partial charge in [-0.3, -0.25) is 0 Å². The topological polar surface area (TPSA) is 21.7 Å². The van der Waals surface area contributed by atoms with Crippen LogP contribution in [0.15, 0.2) is 35.6 Å². The Bertz CT molecular complexity index is 500. The summed E-state index contributed by atoms with van der Waals surface area (Å²) in [7, 11) is 4.03. The molecular weight excluding hydrogens is 262 g/mol. The monoisotopic (exact) mass is 291 g/mol. The second kappa shape index (κ2) is 4.99. The quantitative estimate of drug-likeness (QED) is 0.565. The van der Waals surface area contributed by atoms with Crippen molar-refractivity contribution in [2.24, 2.45) is 10.8 Å². The Morgan fingerprint density at radius 3 is 2.24 bits per heavy atom. The van der Waals surface area contributed by atoms with Crippen LogP contribution in [0.4, 0.5) is 0 Å². The lowest BCUT2D eigenvalue weighted by Crippen LogP contribution is -2.41. The molecule has 0 aromatic rings. The van der Waals surface area contributed by atoms with E-state index < -0.39 is 5.60 Å². The molecule has 1 heterocycles. The van der Waals surface area contributed by atoms with Gasteiger partial charge in [0, 0.05) is 25.1 Å². The Hall–Kier alpha value is -1.06. The van der Waals surface area contributed by atoms with Crippen LogP contribution in [0.1, 0.15) is 41.5 Å². The zero-order valence-electron chi connectivity index (χ0n) is 14.7. The van der Waals surface area contributed by atoms with Crippen LogP contribution in [0.3, 0.4) is 0 Å². The molecule has 2 rings (SSSR count). The maximum atomic E-state index is 5.81. The molecule has 1 aliphatic heterocycles. The van der Waals surface area contributed by atoms with Gasteiger partial charge >= 0.3 is 0 Å². The van der Waals surface area contributed by atoms with Crippen LogP contribution in [0.25, 0.3) is 0 Å². The minimum Gasteiger partial charge on any atom is -0.383 e. The van der Waals surface area contributed by atoms with Gasteiger partial charge in [-0.05, 0) is 29.3 Å². The highest BCUT2D eigenvalue weighted by atomic mass is 17.2. The molecule has 0 saturated carbocycles. The van der Waals surface area contributed by atoms with Crippen molar-refractivity contribution in [2.75, 3.05) is 14.1 Å². The fraction of sp³-hybridized carbons (Fsp3) is 0.667. The minimum atomic E-state index is -0.461. The van der Waals surface area contributed by atoms with Crippen LogP contribution >= 0.6 is 0 Å². The normalized spacial score (nSPS) is 31.3. The smallest absolute Gasteiger partial charge is 0.151 e. The zero-order chi connectivity index (χ0) is 16.1. The number of rotatable bonds is 2. The van der Waals surface area contributed by atoms with Crippen LogP contribution < -0.4 is 0 Å². The fourth-order valence-electron chi connectivity index (χ4n) is 2.95. The molecule has 0 spiro atoms. The van der Waals surface area contributed by atoms with Crippen molar-refractivity contribution in [3.8, 4) is 0 Å².